The van der Waals surface area contributed by atoms with Gasteiger partial charge in [-0.25, -0.2) is 4.79 Å². The van der Waals surface area contributed by atoms with Gasteiger partial charge in [0.25, 0.3) is 0 Å². The zero-order chi connectivity index (χ0) is 25.6. The maximum absolute atomic E-state index is 12.9. The molecule has 2 aromatic rings. The van der Waals surface area contributed by atoms with Crippen molar-refractivity contribution < 1.29 is 37.4 Å². The van der Waals surface area contributed by atoms with Crippen molar-refractivity contribution in [1.29, 1.82) is 0 Å². The number of carboxylic acids is 1. The predicted octanol–water partition coefficient (Wildman–Crippen LogP) is 4.46. The summed E-state index contributed by atoms with van der Waals surface area (Å²) in [6.07, 6.45) is -6.20. The number of alkyl halides is 3. The van der Waals surface area contributed by atoms with Gasteiger partial charge in [0.1, 0.15) is 12.6 Å². The van der Waals surface area contributed by atoms with Gasteiger partial charge in [0.2, 0.25) is 5.91 Å². The molecule has 0 bridgehead atoms. The number of benzene rings is 2. The van der Waals surface area contributed by atoms with Gasteiger partial charge < -0.3 is 20.5 Å². The van der Waals surface area contributed by atoms with Gasteiger partial charge in [0.15, 0.2) is 0 Å². The van der Waals surface area contributed by atoms with Crippen LogP contribution in [0.3, 0.4) is 0 Å². The molecular formula is C25H27F3N2O5. The van der Waals surface area contributed by atoms with Crippen LogP contribution < -0.4 is 10.6 Å². The third-order valence-corrected chi connectivity index (χ3v) is 5.96. The van der Waals surface area contributed by atoms with Gasteiger partial charge in [0.05, 0.1) is 6.42 Å². The Morgan fingerprint density at radius 3 is 2.14 bits per heavy atom. The van der Waals surface area contributed by atoms with Crippen molar-refractivity contribution in [3.63, 3.8) is 0 Å². The minimum Gasteiger partial charge on any atom is -0.481 e. The zero-order valence-corrected chi connectivity index (χ0v) is 19.1. The second kappa shape index (κ2) is 11.2. The topological polar surface area (TPSA) is 105 Å². The third-order valence-electron chi connectivity index (χ3n) is 5.96. The molecule has 0 saturated heterocycles. The zero-order valence-electron chi connectivity index (χ0n) is 19.1. The first-order valence-corrected chi connectivity index (χ1v) is 11.3. The van der Waals surface area contributed by atoms with Crippen LogP contribution in [0.15, 0.2) is 48.5 Å². The second-order valence-corrected chi connectivity index (χ2v) is 8.50. The molecule has 0 fully saturated rings. The van der Waals surface area contributed by atoms with E-state index in [1.54, 1.807) is 5.32 Å². The summed E-state index contributed by atoms with van der Waals surface area (Å²) in [7, 11) is 0. The van der Waals surface area contributed by atoms with Gasteiger partial charge in [0, 0.05) is 18.4 Å². The van der Waals surface area contributed by atoms with Crippen LogP contribution in [0.25, 0.3) is 11.1 Å². The molecular weight excluding hydrogens is 465 g/mol. The number of nitrogens with one attached hydrogen (secondary N) is 2. The van der Waals surface area contributed by atoms with E-state index in [0.717, 1.165) is 22.3 Å². The van der Waals surface area contributed by atoms with Crippen molar-refractivity contribution in [2.24, 2.45) is 5.92 Å². The lowest BCUT2D eigenvalue weighted by atomic mass is 9.98. The fraction of sp³-hybridized carbons (Fsp3) is 0.400. The van der Waals surface area contributed by atoms with Crippen LogP contribution in [0.5, 0.6) is 0 Å². The minimum absolute atomic E-state index is 0.0794. The Morgan fingerprint density at radius 1 is 1.03 bits per heavy atom. The van der Waals surface area contributed by atoms with E-state index in [1.807, 2.05) is 48.5 Å². The monoisotopic (exact) mass is 492 g/mol. The normalized spacial score (nSPS) is 14.4. The molecule has 0 spiro atoms. The van der Waals surface area contributed by atoms with E-state index in [2.05, 4.69) is 5.32 Å². The highest BCUT2D eigenvalue weighted by Gasteiger charge is 2.42. The summed E-state index contributed by atoms with van der Waals surface area (Å²) < 4.78 is 44.1. The maximum Gasteiger partial charge on any atom is 0.409 e. The lowest BCUT2D eigenvalue weighted by Crippen LogP contribution is -2.48. The first kappa shape index (κ1) is 26.1. The standard InChI is InChI=1S/C25H27F3N2O5/c1-15(23(33)30-21(13-22(31)32)25(26,27)28)7-6-12-29-24(34)35-14-20-18-10-4-2-8-16(18)17-9-3-5-11-19(17)20/h2-5,8-11,15,20-21H,6-7,12-14H2,1H3,(H,29,34)(H,30,33)(H,31,32). The molecule has 2 unspecified atom stereocenters. The number of hydrogen-bond donors (Lipinski definition) is 3. The third kappa shape index (κ3) is 6.74. The van der Waals surface area contributed by atoms with Crippen LogP contribution in [-0.2, 0) is 14.3 Å². The van der Waals surface area contributed by atoms with Gasteiger partial charge in [-0.1, -0.05) is 55.5 Å². The van der Waals surface area contributed by atoms with Gasteiger partial charge in [-0.15, -0.1) is 0 Å². The summed E-state index contributed by atoms with van der Waals surface area (Å²) in [5, 5.41) is 13.0. The molecule has 0 heterocycles. The van der Waals surface area contributed by atoms with Gasteiger partial charge >= 0.3 is 18.2 Å². The predicted molar refractivity (Wildman–Crippen MR) is 122 cm³/mol. The molecule has 1 aliphatic carbocycles. The number of alkyl carbamates (subject to hydrolysis) is 1. The van der Waals surface area contributed by atoms with Crippen LogP contribution in [0.4, 0.5) is 18.0 Å². The Labute approximate surface area is 200 Å². The van der Waals surface area contributed by atoms with Crippen molar-refractivity contribution in [3.05, 3.63) is 59.7 Å². The van der Waals surface area contributed by atoms with E-state index in [4.69, 9.17) is 9.84 Å². The van der Waals surface area contributed by atoms with E-state index in [9.17, 15) is 27.6 Å². The molecule has 1 aliphatic rings. The summed E-state index contributed by atoms with van der Waals surface area (Å²) >= 11 is 0. The fourth-order valence-electron chi connectivity index (χ4n) is 4.12. The van der Waals surface area contributed by atoms with Crippen molar-refractivity contribution in [3.8, 4) is 11.1 Å². The molecule has 0 saturated carbocycles. The lowest BCUT2D eigenvalue weighted by molar-refractivity contribution is -0.170. The molecule has 0 aromatic heterocycles. The Balaban J connectivity index is 1.42. The Kier molecular flexibility index (Phi) is 8.37. The Morgan fingerprint density at radius 2 is 1.60 bits per heavy atom. The molecule has 3 N–H and O–H groups in total. The fourth-order valence-corrected chi connectivity index (χ4v) is 4.12. The number of carboxylic acid groups (broad SMARTS) is 1. The molecule has 188 valence electrons. The maximum atomic E-state index is 12.9. The minimum atomic E-state index is -4.86. The molecule has 3 rings (SSSR count). The number of carbonyl (C=O) groups excluding carboxylic acids is 2. The molecule has 2 aromatic carbocycles. The average Bonchev–Trinajstić information content (AvgIpc) is 3.12. The summed E-state index contributed by atoms with van der Waals surface area (Å²) in [4.78, 5) is 34.8. The largest absolute Gasteiger partial charge is 0.481 e. The van der Waals surface area contributed by atoms with E-state index in [-0.39, 0.29) is 25.5 Å². The van der Waals surface area contributed by atoms with E-state index in [1.165, 1.54) is 6.92 Å². The summed E-state index contributed by atoms with van der Waals surface area (Å²) in [6, 6.07) is 13.4. The number of carbonyl (C=O) groups is 3. The van der Waals surface area contributed by atoms with Crippen molar-refractivity contribution in [1.82, 2.24) is 10.6 Å². The highest BCUT2D eigenvalue weighted by atomic mass is 19.4. The van der Waals surface area contributed by atoms with Gasteiger partial charge in [-0.05, 0) is 35.1 Å². The summed E-state index contributed by atoms with van der Waals surface area (Å²) in [5.41, 5.74) is 4.39. The van der Waals surface area contributed by atoms with Crippen LogP contribution in [0.2, 0.25) is 0 Å². The highest BCUT2D eigenvalue weighted by Crippen LogP contribution is 2.44. The van der Waals surface area contributed by atoms with Gasteiger partial charge in [-0.3, -0.25) is 9.59 Å². The van der Waals surface area contributed by atoms with E-state index in [0.29, 0.717) is 6.42 Å². The lowest BCUT2D eigenvalue weighted by Gasteiger charge is -2.22. The molecule has 0 aliphatic heterocycles. The number of amides is 2. The Hall–Kier alpha value is -3.56. The number of ether oxygens (including phenoxy) is 1. The smallest absolute Gasteiger partial charge is 0.409 e. The number of rotatable bonds is 10. The van der Waals surface area contributed by atoms with E-state index >= 15 is 0 Å². The van der Waals surface area contributed by atoms with Crippen LogP contribution in [0.1, 0.15) is 43.2 Å². The summed E-state index contributed by atoms with van der Waals surface area (Å²) in [5.74, 6) is -3.43. The SMILES string of the molecule is CC(CCCNC(=O)OCC1c2ccccc2-c2ccccc21)C(=O)NC(CC(=O)O)C(F)(F)F. The second-order valence-electron chi connectivity index (χ2n) is 8.50. The molecule has 2 amide bonds. The van der Waals surface area contributed by atoms with Crippen LogP contribution in [-0.4, -0.2) is 48.4 Å². The van der Waals surface area contributed by atoms with Crippen LogP contribution >= 0.6 is 0 Å². The number of halogens is 3. The molecule has 0 radical (unpaired) electrons. The molecule has 7 nitrogen and oxygen atoms in total. The number of aliphatic carboxylic acids is 1. The number of fused-ring (bicyclic) bond motifs is 3. The quantitative estimate of drug-likeness (QED) is 0.425. The molecule has 35 heavy (non-hydrogen) atoms. The highest BCUT2D eigenvalue weighted by molar-refractivity contribution is 5.80. The molecule has 10 heteroatoms. The van der Waals surface area contributed by atoms with Crippen LogP contribution in [0, 0.1) is 5.92 Å². The van der Waals surface area contributed by atoms with E-state index < -0.39 is 42.5 Å². The van der Waals surface area contributed by atoms with Crippen molar-refractivity contribution >= 4 is 18.0 Å². The van der Waals surface area contributed by atoms with Crippen molar-refractivity contribution in [2.45, 2.75) is 44.3 Å². The first-order valence-electron chi connectivity index (χ1n) is 11.3. The average molecular weight is 492 g/mol. The Bertz CT molecular complexity index is 1030. The summed E-state index contributed by atoms with van der Waals surface area (Å²) in [6.45, 7) is 1.77. The molecule has 2 atom stereocenters. The first-order chi connectivity index (χ1) is 16.6. The van der Waals surface area contributed by atoms with Gasteiger partial charge in [-0.2, -0.15) is 13.2 Å². The van der Waals surface area contributed by atoms with Crippen molar-refractivity contribution in [2.75, 3.05) is 13.2 Å². The number of hydrogen-bond acceptors (Lipinski definition) is 4.